The fourth-order valence-corrected chi connectivity index (χ4v) is 2.74. The fourth-order valence-electron chi connectivity index (χ4n) is 2.55. The van der Waals surface area contributed by atoms with Crippen LogP contribution in [0, 0.1) is 0 Å². The minimum Gasteiger partial charge on any atom is -0.486 e. The molecule has 25 heavy (non-hydrogen) atoms. The Bertz CT molecular complexity index is 682. The van der Waals surface area contributed by atoms with Crippen LogP contribution in [0.1, 0.15) is 5.56 Å². The Balaban J connectivity index is 1.32. The number of fused-ring (bicyclic) bond motifs is 1. The third-order valence-corrected chi connectivity index (χ3v) is 4.21. The molecule has 0 fully saturated rings. The molecule has 0 bridgehead atoms. The van der Waals surface area contributed by atoms with Crippen molar-refractivity contribution in [1.82, 2.24) is 5.32 Å². The number of halogens is 1. The van der Waals surface area contributed by atoms with Gasteiger partial charge in [-0.15, -0.1) is 0 Å². The second-order valence-corrected chi connectivity index (χ2v) is 6.32. The lowest BCUT2D eigenvalue weighted by Gasteiger charge is -2.27. The molecule has 0 spiro atoms. The van der Waals surface area contributed by atoms with E-state index in [0.717, 1.165) is 17.1 Å². The SMILES string of the molecule is O[C@H](CNC[C@@H]1COc2ccccc2O1)COCc1ccccc1Cl. The second-order valence-electron chi connectivity index (χ2n) is 5.92. The van der Waals surface area contributed by atoms with Crippen molar-refractivity contribution in [3.63, 3.8) is 0 Å². The number of hydrogen-bond donors (Lipinski definition) is 2. The van der Waals surface area contributed by atoms with E-state index in [0.29, 0.717) is 31.3 Å². The molecule has 6 heteroatoms. The lowest BCUT2D eigenvalue weighted by atomic mass is 10.2. The molecule has 2 atom stereocenters. The topological polar surface area (TPSA) is 60.0 Å². The van der Waals surface area contributed by atoms with Gasteiger partial charge in [-0.1, -0.05) is 41.9 Å². The molecule has 0 saturated heterocycles. The van der Waals surface area contributed by atoms with E-state index in [4.69, 9.17) is 25.8 Å². The van der Waals surface area contributed by atoms with Gasteiger partial charge in [0.25, 0.3) is 0 Å². The maximum Gasteiger partial charge on any atom is 0.161 e. The molecule has 2 aromatic rings. The summed E-state index contributed by atoms with van der Waals surface area (Å²) in [5.74, 6) is 1.52. The van der Waals surface area contributed by atoms with Crippen molar-refractivity contribution >= 4 is 11.6 Å². The zero-order chi connectivity index (χ0) is 17.5. The number of para-hydroxylation sites is 2. The molecule has 1 aliphatic heterocycles. The summed E-state index contributed by atoms with van der Waals surface area (Å²) in [6.45, 7) is 2.12. The van der Waals surface area contributed by atoms with E-state index in [-0.39, 0.29) is 12.7 Å². The van der Waals surface area contributed by atoms with Crippen LogP contribution in [0.4, 0.5) is 0 Å². The molecule has 3 rings (SSSR count). The molecule has 0 radical (unpaired) electrons. The number of benzene rings is 2. The Hall–Kier alpha value is -1.79. The van der Waals surface area contributed by atoms with E-state index in [2.05, 4.69) is 5.32 Å². The van der Waals surface area contributed by atoms with E-state index in [1.807, 2.05) is 48.5 Å². The van der Waals surface area contributed by atoms with Gasteiger partial charge in [0.2, 0.25) is 0 Å². The summed E-state index contributed by atoms with van der Waals surface area (Å²) in [7, 11) is 0. The highest BCUT2D eigenvalue weighted by Gasteiger charge is 2.20. The molecule has 0 aromatic heterocycles. The van der Waals surface area contributed by atoms with Crippen molar-refractivity contribution in [2.75, 3.05) is 26.3 Å². The first-order valence-corrected chi connectivity index (χ1v) is 8.68. The summed E-state index contributed by atoms with van der Waals surface area (Å²) >= 11 is 6.06. The summed E-state index contributed by atoms with van der Waals surface area (Å²) < 4.78 is 17.0. The number of ether oxygens (including phenoxy) is 3. The first kappa shape index (κ1) is 18.0. The molecule has 0 unspecified atom stereocenters. The summed E-state index contributed by atoms with van der Waals surface area (Å²) in [6.07, 6.45) is -0.676. The molecular formula is C19H22ClNO4. The maximum atomic E-state index is 9.99. The summed E-state index contributed by atoms with van der Waals surface area (Å²) in [5.41, 5.74) is 0.913. The number of aliphatic hydroxyl groups excluding tert-OH is 1. The maximum absolute atomic E-state index is 9.99. The third kappa shape index (κ3) is 5.34. The fraction of sp³-hybridized carbons (Fsp3) is 0.368. The van der Waals surface area contributed by atoms with Gasteiger partial charge in [-0.05, 0) is 23.8 Å². The summed E-state index contributed by atoms with van der Waals surface area (Å²) in [6, 6.07) is 15.1. The molecule has 1 heterocycles. The molecule has 2 aromatic carbocycles. The zero-order valence-electron chi connectivity index (χ0n) is 13.9. The Morgan fingerprint density at radius 2 is 1.92 bits per heavy atom. The van der Waals surface area contributed by atoms with Crippen molar-refractivity contribution < 1.29 is 19.3 Å². The van der Waals surface area contributed by atoms with Gasteiger partial charge < -0.3 is 24.6 Å². The highest BCUT2D eigenvalue weighted by atomic mass is 35.5. The van der Waals surface area contributed by atoms with Gasteiger partial charge in [-0.25, -0.2) is 0 Å². The minimum absolute atomic E-state index is 0.0776. The van der Waals surface area contributed by atoms with Crippen molar-refractivity contribution in [3.8, 4) is 11.5 Å². The van der Waals surface area contributed by atoms with Gasteiger partial charge in [0.15, 0.2) is 11.5 Å². The number of rotatable bonds is 8. The van der Waals surface area contributed by atoms with E-state index in [1.165, 1.54) is 0 Å². The smallest absolute Gasteiger partial charge is 0.161 e. The molecule has 5 nitrogen and oxygen atoms in total. The number of aliphatic hydroxyl groups is 1. The van der Waals surface area contributed by atoms with Gasteiger partial charge in [-0.2, -0.15) is 0 Å². The average molecular weight is 364 g/mol. The molecule has 2 N–H and O–H groups in total. The van der Waals surface area contributed by atoms with E-state index >= 15 is 0 Å². The Morgan fingerprint density at radius 3 is 2.76 bits per heavy atom. The summed E-state index contributed by atoms with van der Waals surface area (Å²) in [4.78, 5) is 0. The van der Waals surface area contributed by atoms with Crippen LogP contribution >= 0.6 is 11.6 Å². The molecular weight excluding hydrogens is 342 g/mol. The zero-order valence-corrected chi connectivity index (χ0v) is 14.6. The van der Waals surface area contributed by atoms with Crippen LogP contribution in [-0.4, -0.2) is 43.6 Å². The van der Waals surface area contributed by atoms with Crippen molar-refractivity contribution in [3.05, 3.63) is 59.1 Å². The van der Waals surface area contributed by atoms with E-state index in [1.54, 1.807) is 0 Å². The third-order valence-electron chi connectivity index (χ3n) is 3.85. The molecule has 0 saturated carbocycles. The van der Waals surface area contributed by atoms with Gasteiger partial charge in [0, 0.05) is 18.1 Å². The first-order chi connectivity index (χ1) is 12.2. The van der Waals surface area contributed by atoms with Gasteiger partial charge in [-0.3, -0.25) is 0 Å². The molecule has 0 amide bonds. The van der Waals surface area contributed by atoms with Gasteiger partial charge >= 0.3 is 0 Å². The van der Waals surface area contributed by atoms with E-state index < -0.39 is 6.10 Å². The second kappa shape index (κ2) is 9.06. The number of nitrogens with one attached hydrogen (secondary N) is 1. The lowest BCUT2D eigenvalue weighted by molar-refractivity contribution is 0.0259. The van der Waals surface area contributed by atoms with Crippen LogP contribution in [0.2, 0.25) is 5.02 Å². The Kier molecular flexibility index (Phi) is 6.53. The standard InChI is InChI=1S/C19H22ClNO4/c20-17-6-2-1-5-14(17)11-23-12-15(22)9-21-10-16-13-24-18-7-3-4-8-19(18)25-16/h1-8,15-16,21-22H,9-13H2/t15-,16-/m1/s1. The van der Waals surface area contributed by atoms with Crippen LogP contribution in [0.3, 0.4) is 0 Å². The monoisotopic (exact) mass is 363 g/mol. The largest absolute Gasteiger partial charge is 0.486 e. The highest BCUT2D eigenvalue weighted by Crippen LogP contribution is 2.30. The Morgan fingerprint density at radius 1 is 1.16 bits per heavy atom. The summed E-state index contributed by atoms with van der Waals surface area (Å²) in [5, 5.41) is 13.8. The molecule has 134 valence electrons. The average Bonchev–Trinajstić information content (AvgIpc) is 2.63. The highest BCUT2D eigenvalue weighted by molar-refractivity contribution is 6.31. The normalized spacial score (nSPS) is 17.3. The molecule has 0 aliphatic carbocycles. The van der Waals surface area contributed by atoms with Gasteiger partial charge in [0.05, 0.1) is 19.3 Å². The lowest BCUT2D eigenvalue weighted by Crippen LogP contribution is -2.41. The van der Waals surface area contributed by atoms with Crippen molar-refractivity contribution in [2.45, 2.75) is 18.8 Å². The Labute approximate surface area is 152 Å². The first-order valence-electron chi connectivity index (χ1n) is 8.31. The van der Waals surface area contributed by atoms with Gasteiger partial charge in [0.1, 0.15) is 12.7 Å². The predicted molar refractivity (Wildman–Crippen MR) is 96.3 cm³/mol. The van der Waals surface area contributed by atoms with Crippen LogP contribution in [0.25, 0.3) is 0 Å². The van der Waals surface area contributed by atoms with Crippen LogP contribution < -0.4 is 14.8 Å². The predicted octanol–water partition coefficient (Wildman–Crippen LogP) is 2.65. The van der Waals surface area contributed by atoms with Crippen molar-refractivity contribution in [2.24, 2.45) is 0 Å². The van der Waals surface area contributed by atoms with Crippen LogP contribution in [-0.2, 0) is 11.3 Å². The van der Waals surface area contributed by atoms with Crippen LogP contribution in [0.5, 0.6) is 11.5 Å². The van der Waals surface area contributed by atoms with Crippen molar-refractivity contribution in [1.29, 1.82) is 0 Å². The van der Waals surface area contributed by atoms with E-state index in [9.17, 15) is 5.11 Å². The minimum atomic E-state index is -0.598. The van der Waals surface area contributed by atoms with Crippen LogP contribution in [0.15, 0.2) is 48.5 Å². The number of hydrogen-bond acceptors (Lipinski definition) is 5. The molecule has 1 aliphatic rings. The quantitative estimate of drug-likeness (QED) is 0.755.